The van der Waals surface area contributed by atoms with E-state index in [2.05, 4.69) is 5.32 Å². The van der Waals surface area contributed by atoms with Crippen molar-refractivity contribution in [3.8, 4) is 28.4 Å². The van der Waals surface area contributed by atoms with E-state index in [-0.39, 0.29) is 5.82 Å². The van der Waals surface area contributed by atoms with Crippen LogP contribution < -0.4 is 14.8 Å². The Hall–Kier alpha value is -3.64. The Kier molecular flexibility index (Phi) is 6.29. The fraction of sp³-hybridized carbons (Fsp3) is 0.160. The number of hydrogen-bond donors (Lipinski definition) is 1. The van der Waals surface area contributed by atoms with Gasteiger partial charge in [0.25, 0.3) is 0 Å². The van der Waals surface area contributed by atoms with Crippen molar-refractivity contribution >= 4 is 0 Å². The lowest BCUT2D eigenvalue weighted by molar-refractivity contribution is 0.407. The summed E-state index contributed by atoms with van der Waals surface area (Å²) in [6, 6.07) is 22.2. The lowest BCUT2D eigenvalue weighted by Gasteiger charge is -2.09. The van der Waals surface area contributed by atoms with Gasteiger partial charge in [0, 0.05) is 36.0 Å². The zero-order chi connectivity index (χ0) is 21.6. The number of rotatable bonds is 8. The number of hydrogen-bond acceptors (Lipinski definition) is 4. The predicted molar refractivity (Wildman–Crippen MR) is 119 cm³/mol. The Balaban J connectivity index is 1.63. The number of benzene rings is 3. The predicted octanol–water partition coefficient (Wildman–Crippen LogP) is 4.99. The lowest BCUT2D eigenvalue weighted by Crippen LogP contribution is -2.13. The molecule has 0 amide bonds. The highest BCUT2D eigenvalue weighted by atomic mass is 19.1. The molecule has 0 saturated carbocycles. The average molecular weight is 417 g/mol. The van der Waals surface area contributed by atoms with Crippen LogP contribution in [-0.2, 0) is 13.1 Å². The van der Waals surface area contributed by atoms with Crippen LogP contribution in [0, 0.1) is 5.82 Å². The highest BCUT2D eigenvalue weighted by molar-refractivity contribution is 5.64. The van der Waals surface area contributed by atoms with Gasteiger partial charge in [-0.2, -0.15) is 5.10 Å². The van der Waals surface area contributed by atoms with Crippen molar-refractivity contribution in [1.29, 1.82) is 0 Å². The van der Waals surface area contributed by atoms with Crippen molar-refractivity contribution in [2.45, 2.75) is 13.1 Å². The van der Waals surface area contributed by atoms with Crippen molar-refractivity contribution in [1.82, 2.24) is 15.1 Å². The van der Waals surface area contributed by atoms with Crippen molar-refractivity contribution in [3.05, 3.63) is 95.9 Å². The lowest BCUT2D eigenvalue weighted by atomic mass is 10.1. The van der Waals surface area contributed by atoms with Crippen LogP contribution in [0.1, 0.15) is 11.1 Å². The normalized spacial score (nSPS) is 10.8. The number of nitrogens with zero attached hydrogens (tertiary/aromatic N) is 2. The maximum absolute atomic E-state index is 14.4. The van der Waals surface area contributed by atoms with Crippen LogP contribution in [0.15, 0.2) is 79.0 Å². The first kappa shape index (κ1) is 20.6. The third-order valence-electron chi connectivity index (χ3n) is 5.08. The molecule has 0 spiro atoms. The van der Waals surface area contributed by atoms with Crippen LogP contribution in [0.4, 0.5) is 4.39 Å². The fourth-order valence-electron chi connectivity index (χ4n) is 3.47. The quantitative estimate of drug-likeness (QED) is 0.439. The summed E-state index contributed by atoms with van der Waals surface area (Å²) in [5.41, 5.74) is 4.16. The summed E-state index contributed by atoms with van der Waals surface area (Å²) in [6.07, 6.45) is 1.87. The molecule has 0 aliphatic carbocycles. The third-order valence-corrected chi connectivity index (χ3v) is 5.08. The molecule has 0 bridgehead atoms. The molecular formula is C25H24FN3O2. The Morgan fingerprint density at radius 1 is 0.839 bits per heavy atom. The summed E-state index contributed by atoms with van der Waals surface area (Å²) < 4.78 is 26.6. The van der Waals surface area contributed by atoms with Gasteiger partial charge in [0.05, 0.1) is 19.9 Å². The molecule has 158 valence electrons. The summed E-state index contributed by atoms with van der Waals surface area (Å²) in [6.45, 7) is 1.20. The number of nitrogens with one attached hydrogen (secondary N) is 1. The van der Waals surface area contributed by atoms with Gasteiger partial charge >= 0.3 is 0 Å². The number of aromatic nitrogens is 2. The van der Waals surface area contributed by atoms with Gasteiger partial charge < -0.3 is 14.8 Å². The molecule has 3 aromatic carbocycles. The fourth-order valence-corrected chi connectivity index (χ4v) is 3.47. The van der Waals surface area contributed by atoms with E-state index in [0.29, 0.717) is 18.8 Å². The number of para-hydroxylation sites is 2. The van der Waals surface area contributed by atoms with E-state index < -0.39 is 0 Å². The molecule has 0 unspecified atom stereocenters. The molecule has 0 fully saturated rings. The van der Waals surface area contributed by atoms with Crippen LogP contribution in [0.5, 0.6) is 11.5 Å². The van der Waals surface area contributed by atoms with Crippen LogP contribution in [-0.4, -0.2) is 24.0 Å². The van der Waals surface area contributed by atoms with E-state index in [0.717, 1.165) is 33.9 Å². The first-order valence-corrected chi connectivity index (χ1v) is 10.00. The summed E-state index contributed by atoms with van der Waals surface area (Å²) in [5.74, 6) is 1.29. The SMILES string of the molecule is COc1ccc(-c2nn(-c3ccccc3F)cc2CNCc2ccccc2OC)cc1. The molecule has 31 heavy (non-hydrogen) atoms. The second kappa shape index (κ2) is 9.45. The second-order valence-corrected chi connectivity index (χ2v) is 7.04. The third kappa shape index (κ3) is 4.59. The van der Waals surface area contributed by atoms with Crippen LogP contribution in [0.3, 0.4) is 0 Å². The molecule has 0 saturated heterocycles. The molecule has 5 nitrogen and oxygen atoms in total. The van der Waals surface area contributed by atoms with Gasteiger partial charge in [0.15, 0.2) is 0 Å². The van der Waals surface area contributed by atoms with Gasteiger partial charge in [-0.25, -0.2) is 9.07 Å². The van der Waals surface area contributed by atoms with Gasteiger partial charge in [-0.15, -0.1) is 0 Å². The van der Waals surface area contributed by atoms with Crippen molar-refractivity contribution in [2.75, 3.05) is 14.2 Å². The summed E-state index contributed by atoms with van der Waals surface area (Å²) >= 11 is 0. The second-order valence-electron chi connectivity index (χ2n) is 7.04. The first-order valence-electron chi connectivity index (χ1n) is 10.00. The number of methoxy groups -OCH3 is 2. The Morgan fingerprint density at radius 2 is 1.55 bits per heavy atom. The van der Waals surface area contributed by atoms with E-state index in [1.165, 1.54) is 6.07 Å². The summed E-state index contributed by atoms with van der Waals surface area (Å²) in [7, 11) is 3.30. The van der Waals surface area contributed by atoms with Crippen molar-refractivity contribution < 1.29 is 13.9 Å². The maximum atomic E-state index is 14.4. The van der Waals surface area contributed by atoms with Crippen molar-refractivity contribution in [3.63, 3.8) is 0 Å². The van der Waals surface area contributed by atoms with Crippen LogP contribution in [0.25, 0.3) is 16.9 Å². The van der Waals surface area contributed by atoms with E-state index >= 15 is 0 Å². The largest absolute Gasteiger partial charge is 0.497 e. The topological polar surface area (TPSA) is 48.3 Å². The summed E-state index contributed by atoms with van der Waals surface area (Å²) in [5, 5.41) is 8.15. The highest BCUT2D eigenvalue weighted by Gasteiger charge is 2.14. The van der Waals surface area contributed by atoms with E-state index in [1.54, 1.807) is 37.1 Å². The number of ether oxygens (including phenoxy) is 2. The molecule has 1 heterocycles. The Bertz CT molecular complexity index is 1160. The smallest absolute Gasteiger partial charge is 0.148 e. The molecule has 0 radical (unpaired) electrons. The van der Waals surface area contributed by atoms with E-state index in [4.69, 9.17) is 14.6 Å². The standard InChI is InChI=1S/C25H24FN3O2/c1-30-21-13-11-18(12-14-21)25-20(16-27-15-19-7-3-6-10-24(19)31-2)17-29(28-25)23-9-5-4-8-22(23)26/h3-14,17,27H,15-16H2,1-2H3. The molecule has 6 heteroatoms. The molecule has 1 N–H and O–H groups in total. The highest BCUT2D eigenvalue weighted by Crippen LogP contribution is 2.27. The van der Waals surface area contributed by atoms with E-state index in [1.807, 2.05) is 54.7 Å². The van der Waals surface area contributed by atoms with Crippen LogP contribution >= 0.6 is 0 Å². The minimum Gasteiger partial charge on any atom is -0.497 e. The Morgan fingerprint density at radius 3 is 2.29 bits per heavy atom. The minimum absolute atomic E-state index is 0.320. The molecular weight excluding hydrogens is 393 g/mol. The minimum atomic E-state index is -0.320. The van der Waals surface area contributed by atoms with Gasteiger partial charge in [-0.05, 0) is 42.5 Å². The maximum Gasteiger partial charge on any atom is 0.148 e. The monoisotopic (exact) mass is 417 g/mol. The van der Waals surface area contributed by atoms with E-state index in [9.17, 15) is 4.39 Å². The van der Waals surface area contributed by atoms with Gasteiger partial charge in [-0.1, -0.05) is 30.3 Å². The summed E-state index contributed by atoms with van der Waals surface area (Å²) in [4.78, 5) is 0. The molecule has 0 aliphatic heterocycles. The van der Waals surface area contributed by atoms with Gasteiger partial charge in [0.2, 0.25) is 0 Å². The molecule has 1 aromatic heterocycles. The van der Waals surface area contributed by atoms with Gasteiger partial charge in [0.1, 0.15) is 23.0 Å². The average Bonchev–Trinajstić information content (AvgIpc) is 3.23. The zero-order valence-corrected chi connectivity index (χ0v) is 17.5. The zero-order valence-electron chi connectivity index (χ0n) is 17.5. The molecule has 4 aromatic rings. The molecule has 0 aliphatic rings. The van der Waals surface area contributed by atoms with Crippen molar-refractivity contribution in [2.24, 2.45) is 0 Å². The van der Waals surface area contributed by atoms with Crippen LogP contribution in [0.2, 0.25) is 0 Å². The first-order chi connectivity index (χ1) is 15.2. The van der Waals surface area contributed by atoms with Gasteiger partial charge in [-0.3, -0.25) is 0 Å². The Labute approximate surface area is 181 Å². The molecule has 0 atom stereocenters. The number of halogens is 1. The molecule has 4 rings (SSSR count).